The van der Waals surface area contributed by atoms with E-state index in [4.69, 9.17) is 4.74 Å². The normalized spacial score (nSPS) is 11.0. The molecule has 29 heavy (non-hydrogen) atoms. The van der Waals surface area contributed by atoms with Gasteiger partial charge in [-0.15, -0.1) is 0 Å². The van der Waals surface area contributed by atoms with E-state index in [0.29, 0.717) is 11.4 Å². The first kappa shape index (κ1) is 18.4. The molecule has 0 fully saturated rings. The van der Waals surface area contributed by atoms with Gasteiger partial charge in [0.2, 0.25) is 0 Å². The van der Waals surface area contributed by atoms with Gasteiger partial charge in [-0.2, -0.15) is 0 Å². The van der Waals surface area contributed by atoms with Crippen molar-refractivity contribution in [3.05, 3.63) is 90.6 Å². The van der Waals surface area contributed by atoms with Crippen LogP contribution in [0.5, 0.6) is 0 Å². The van der Waals surface area contributed by atoms with Crippen LogP contribution >= 0.6 is 0 Å². The zero-order valence-corrected chi connectivity index (χ0v) is 15.5. The van der Waals surface area contributed by atoms with Crippen LogP contribution in [0.4, 0.5) is 5.69 Å². The zero-order valence-electron chi connectivity index (χ0n) is 15.5. The van der Waals surface area contributed by atoms with Crippen molar-refractivity contribution in [3.8, 4) is 0 Å². The summed E-state index contributed by atoms with van der Waals surface area (Å²) in [6, 6.07) is 24.9. The number of ether oxygens (including phenoxy) is 1. The summed E-state index contributed by atoms with van der Waals surface area (Å²) in [5.74, 6) is -1.00. The average molecular weight is 382 g/mol. The average Bonchev–Trinajstić information content (AvgIpc) is 2.76. The number of fused-ring (bicyclic) bond motifs is 2. The molecule has 0 radical (unpaired) electrons. The quantitative estimate of drug-likeness (QED) is 0.405. The summed E-state index contributed by atoms with van der Waals surface area (Å²) in [4.78, 5) is 28.5. The molecule has 0 saturated heterocycles. The Morgan fingerprint density at radius 3 is 2.52 bits per heavy atom. The van der Waals surface area contributed by atoms with Crippen LogP contribution in [0, 0.1) is 0 Å². The van der Waals surface area contributed by atoms with Crippen molar-refractivity contribution in [2.75, 3.05) is 11.9 Å². The van der Waals surface area contributed by atoms with Gasteiger partial charge in [0.25, 0.3) is 5.91 Å². The first-order chi connectivity index (χ1) is 14.2. The Balaban J connectivity index is 1.35. The van der Waals surface area contributed by atoms with Crippen LogP contribution in [0.15, 0.2) is 84.9 Å². The van der Waals surface area contributed by atoms with Crippen LogP contribution in [-0.2, 0) is 14.3 Å². The van der Waals surface area contributed by atoms with Crippen LogP contribution < -0.4 is 5.32 Å². The molecule has 5 nitrogen and oxygen atoms in total. The van der Waals surface area contributed by atoms with Gasteiger partial charge < -0.3 is 10.1 Å². The molecule has 1 heterocycles. The predicted molar refractivity (Wildman–Crippen MR) is 114 cm³/mol. The molecule has 0 bridgehead atoms. The van der Waals surface area contributed by atoms with Crippen molar-refractivity contribution in [2.24, 2.45) is 0 Å². The highest BCUT2D eigenvalue weighted by molar-refractivity contribution is 6.03. The van der Waals surface area contributed by atoms with E-state index in [-0.39, 0.29) is 6.61 Å². The van der Waals surface area contributed by atoms with Crippen LogP contribution in [0.2, 0.25) is 0 Å². The van der Waals surface area contributed by atoms with Gasteiger partial charge in [0.05, 0.1) is 11.2 Å². The first-order valence-electron chi connectivity index (χ1n) is 9.17. The fourth-order valence-electron chi connectivity index (χ4n) is 3.03. The molecule has 0 unspecified atom stereocenters. The number of benzene rings is 3. The number of pyridine rings is 1. The van der Waals surface area contributed by atoms with Crippen LogP contribution in [0.1, 0.15) is 5.69 Å². The Morgan fingerprint density at radius 2 is 1.62 bits per heavy atom. The summed E-state index contributed by atoms with van der Waals surface area (Å²) in [6.07, 6.45) is 2.83. The van der Waals surface area contributed by atoms with Gasteiger partial charge in [-0.1, -0.05) is 60.7 Å². The third-order valence-electron chi connectivity index (χ3n) is 4.42. The number of esters is 1. The second-order valence-electron chi connectivity index (χ2n) is 6.44. The minimum atomic E-state index is -0.604. The monoisotopic (exact) mass is 382 g/mol. The lowest BCUT2D eigenvalue weighted by atomic mass is 10.1. The van der Waals surface area contributed by atoms with Crippen molar-refractivity contribution < 1.29 is 14.3 Å². The lowest BCUT2D eigenvalue weighted by molar-refractivity contribution is -0.142. The molecule has 0 aliphatic rings. The maximum Gasteiger partial charge on any atom is 0.331 e. The lowest BCUT2D eigenvalue weighted by Gasteiger charge is -2.08. The molecule has 4 aromatic rings. The summed E-state index contributed by atoms with van der Waals surface area (Å²) in [6.45, 7) is -0.364. The third kappa shape index (κ3) is 4.47. The van der Waals surface area contributed by atoms with E-state index in [1.165, 1.54) is 6.08 Å². The lowest BCUT2D eigenvalue weighted by Crippen LogP contribution is -2.20. The number of hydrogen-bond donors (Lipinski definition) is 1. The molecule has 4 rings (SSSR count). The number of nitrogens with zero attached hydrogens (tertiary/aromatic N) is 1. The SMILES string of the molecule is O=C(COC(=O)/C=C/c1ccc2ccccc2n1)Nc1cccc2ccccc12. The van der Waals surface area contributed by atoms with E-state index in [2.05, 4.69) is 10.3 Å². The Labute approximate surface area is 167 Å². The number of nitrogens with one attached hydrogen (secondary N) is 1. The van der Waals surface area contributed by atoms with Crippen molar-refractivity contribution >= 4 is 45.3 Å². The van der Waals surface area contributed by atoms with Gasteiger partial charge in [0, 0.05) is 22.5 Å². The molecule has 1 aromatic heterocycles. The van der Waals surface area contributed by atoms with E-state index >= 15 is 0 Å². The molecule has 3 aromatic carbocycles. The number of hydrogen-bond acceptors (Lipinski definition) is 4. The highest BCUT2D eigenvalue weighted by Crippen LogP contribution is 2.22. The highest BCUT2D eigenvalue weighted by Gasteiger charge is 2.08. The molecular weight excluding hydrogens is 364 g/mol. The molecule has 1 N–H and O–H groups in total. The predicted octanol–water partition coefficient (Wildman–Crippen LogP) is 4.58. The highest BCUT2D eigenvalue weighted by atomic mass is 16.5. The number of carbonyl (C=O) groups is 2. The van der Waals surface area contributed by atoms with Crippen LogP contribution in [0.25, 0.3) is 27.8 Å². The van der Waals surface area contributed by atoms with E-state index in [1.807, 2.05) is 78.9 Å². The standard InChI is InChI=1S/C24H18N2O3/c27-23(26-22-11-5-8-17-6-1-3-9-20(17)22)16-29-24(28)15-14-19-13-12-18-7-2-4-10-21(18)25-19/h1-15H,16H2,(H,26,27)/b15-14+. The Bertz CT molecular complexity index is 1230. The second kappa shape index (κ2) is 8.35. The maximum absolute atomic E-state index is 12.2. The van der Waals surface area contributed by atoms with Crippen molar-refractivity contribution in [1.82, 2.24) is 4.98 Å². The molecule has 1 amide bonds. The van der Waals surface area contributed by atoms with Gasteiger partial charge in [-0.05, 0) is 29.7 Å². The number of anilines is 1. The summed E-state index contributed by atoms with van der Waals surface area (Å²) >= 11 is 0. The van der Waals surface area contributed by atoms with Gasteiger partial charge in [0.15, 0.2) is 6.61 Å². The Hall–Kier alpha value is -3.99. The molecule has 142 valence electrons. The molecule has 5 heteroatoms. The van der Waals surface area contributed by atoms with E-state index < -0.39 is 11.9 Å². The zero-order chi connectivity index (χ0) is 20.1. The Kier molecular flexibility index (Phi) is 5.29. The van der Waals surface area contributed by atoms with Gasteiger partial charge >= 0.3 is 5.97 Å². The maximum atomic E-state index is 12.2. The van der Waals surface area contributed by atoms with E-state index in [0.717, 1.165) is 21.7 Å². The first-order valence-corrected chi connectivity index (χ1v) is 9.17. The van der Waals surface area contributed by atoms with E-state index in [9.17, 15) is 9.59 Å². The van der Waals surface area contributed by atoms with Crippen molar-refractivity contribution in [2.45, 2.75) is 0 Å². The van der Waals surface area contributed by atoms with Gasteiger partial charge in [0.1, 0.15) is 0 Å². The fourth-order valence-corrected chi connectivity index (χ4v) is 3.03. The number of rotatable bonds is 5. The molecule has 0 aliphatic carbocycles. The van der Waals surface area contributed by atoms with Crippen molar-refractivity contribution in [3.63, 3.8) is 0 Å². The molecule has 0 aliphatic heterocycles. The summed E-state index contributed by atoms with van der Waals surface area (Å²) < 4.78 is 5.03. The number of aromatic nitrogens is 1. The number of para-hydroxylation sites is 1. The van der Waals surface area contributed by atoms with Crippen LogP contribution in [0.3, 0.4) is 0 Å². The molecule has 0 spiro atoms. The number of carbonyl (C=O) groups excluding carboxylic acids is 2. The van der Waals surface area contributed by atoms with Crippen molar-refractivity contribution in [1.29, 1.82) is 0 Å². The summed E-state index contributed by atoms with van der Waals surface area (Å²) in [7, 11) is 0. The smallest absolute Gasteiger partial charge is 0.331 e. The number of amides is 1. The minimum Gasteiger partial charge on any atom is -0.452 e. The largest absolute Gasteiger partial charge is 0.452 e. The van der Waals surface area contributed by atoms with Crippen LogP contribution in [-0.4, -0.2) is 23.5 Å². The van der Waals surface area contributed by atoms with Gasteiger partial charge in [-0.25, -0.2) is 9.78 Å². The molecule has 0 saturated carbocycles. The van der Waals surface area contributed by atoms with E-state index in [1.54, 1.807) is 6.08 Å². The summed E-state index contributed by atoms with van der Waals surface area (Å²) in [5, 5.41) is 5.76. The second-order valence-corrected chi connectivity index (χ2v) is 6.44. The third-order valence-corrected chi connectivity index (χ3v) is 4.42. The summed E-state index contributed by atoms with van der Waals surface area (Å²) in [5.41, 5.74) is 2.17. The molecule has 0 atom stereocenters. The minimum absolute atomic E-state index is 0.364. The Morgan fingerprint density at radius 1 is 0.862 bits per heavy atom. The topological polar surface area (TPSA) is 68.3 Å². The van der Waals surface area contributed by atoms with Gasteiger partial charge in [-0.3, -0.25) is 4.79 Å². The fraction of sp³-hybridized carbons (Fsp3) is 0.0417. The molecular formula is C24H18N2O3.